The Morgan fingerprint density at radius 3 is 1.47 bits per heavy atom. The van der Waals surface area contributed by atoms with Gasteiger partial charge in [-0.2, -0.15) is 0 Å². The third-order valence-corrected chi connectivity index (χ3v) is 14.5. The van der Waals surface area contributed by atoms with Crippen molar-refractivity contribution in [2.75, 3.05) is 39.3 Å². The van der Waals surface area contributed by atoms with Gasteiger partial charge in [0.1, 0.15) is 60.4 Å². The van der Waals surface area contributed by atoms with Gasteiger partial charge in [-0.15, -0.1) is 0 Å². The Hall–Kier alpha value is -7.63. The highest BCUT2D eigenvalue weighted by Gasteiger charge is 2.37. The van der Waals surface area contributed by atoms with Crippen LogP contribution in [0.25, 0.3) is 0 Å². The summed E-state index contributed by atoms with van der Waals surface area (Å²) in [5.74, 6) is -8.91. The number of hydrogen-bond donors (Lipinski definition) is 17. The molecular weight excluding hydrogens is 1140 g/mol. The predicted molar refractivity (Wildman–Crippen MR) is 330 cm³/mol. The zero-order chi connectivity index (χ0) is 65.3. The molecule has 28 nitrogen and oxygen atoms in total. The van der Waals surface area contributed by atoms with E-state index in [0.29, 0.717) is 23.5 Å². The van der Waals surface area contributed by atoms with Crippen molar-refractivity contribution in [3.63, 3.8) is 0 Å². The maximum absolute atomic E-state index is 14.7. The minimum atomic E-state index is -1.68. The summed E-state index contributed by atoms with van der Waals surface area (Å²) >= 11 is 0. The first-order valence-corrected chi connectivity index (χ1v) is 30.5. The summed E-state index contributed by atoms with van der Waals surface area (Å²) < 4.78 is 0. The highest BCUT2D eigenvalue weighted by Crippen LogP contribution is 2.13. The predicted octanol–water partition coefficient (Wildman–Crippen LogP) is -3.77. The monoisotopic (exact) mass is 1230 g/mol. The lowest BCUT2D eigenvalue weighted by Crippen LogP contribution is -2.61. The molecular formula is C60H98N16O12. The fourth-order valence-corrected chi connectivity index (χ4v) is 9.66. The van der Waals surface area contributed by atoms with Crippen LogP contribution in [0.1, 0.15) is 116 Å². The number of carbonyl (C=O) groups is 11. The van der Waals surface area contributed by atoms with Crippen molar-refractivity contribution in [1.82, 2.24) is 58.5 Å². The van der Waals surface area contributed by atoms with E-state index in [1.165, 1.54) is 6.92 Å². The van der Waals surface area contributed by atoms with Gasteiger partial charge in [-0.3, -0.25) is 52.7 Å². The van der Waals surface area contributed by atoms with Gasteiger partial charge in [0, 0.05) is 25.8 Å². The number of benzene rings is 2. The van der Waals surface area contributed by atoms with Crippen LogP contribution < -0.4 is 87.2 Å². The van der Waals surface area contributed by atoms with Gasteiger partial charge in [-0.1, -0.05) is 101 Å². The standard InChI is InChI=1S/C60H98N16O12/c1-35(2)14-12-13-19-49(78)67-40(20-26-61)51(79)74-47(33-38-15-8-6-9-16-38)58(86)71-42(22-28-63)53(81)72-45-25-31-66-60(88)50(37(5)77)76-56(84)44(24-30-65)69-52(80)41(21-27-62)70-57(85)46(32-36(3)4)73-59(87)48(34-39-17-10-7-11-18-39)75-54(82)43(23-29-64)68-55(45)83/h6-11,15-18,35-37,40-48,50,77H,12-14,19-34,61-65H2,1-5H3,(H,66,88)(H,67,78)(H,68,83)(H,69,80)(H,70,85)(H,71,86)(H,72,81)(H,73,87)(H,74,79)(H,75,82)(H,76,84)/t37-,40+,41+,42+,43+,44+,45+,46+,47+,48-,50+/m1/s1. The largest absolute Gasteiger partial charge is 0.391 e. The Labute approximate surface area is 515 Å². The molecule has 28 heteroatoms. The topological polar surface area (TPSA) is 470 Å². The molecule has 3 rings (SSSR count). The molecule has 0 unspecified atom stereocenters. The molecule has 88 heavy (non-hydrogen) atoms. The van der Waals surface area contributed by atoms with Crippen LogP contribution in [0.3, 0.4) is 0 Å². The molecule has 0 saturated carbocycles. The van der Waals surface area contributed by atoms with Crippen molar-refractivity contribution in [2.24, 2.45) is 40.5 Å². The quantitative estimate of drug-likeness (QED) is 0.0348. The van der Waals surface area contributed by atoms with E-state index in [9.17, 15) is 57.8 Å². The molecule has 0 radical (unpaired) electrons. The first kappa shape index (κ1) is 74.6. The lowest BCUT2D eigenvalue weighted by Gasteiger charge is -2.28. The third-order valence-electron chi connectivity index (χ3n) is 14.5. The number of nitrogens with two attached hydrogens (primary N) is 5. The van der Waals surface area contributed by atoms with Crippen LogP contribution in [-0.2, 0) is 65.6 Å². The first-order chi connectivity index (χ1) is 41.9. The maximum Gasteiger partial charge on any atom is 0.245 e. The molecule has 2 aromatic rings. The number of aliphatic hydroxyl groups excluding tert-OH is 1. The Balaban J connectivity index is 2.12. The van der Waals surface area contributed by atoms with Gasteiger partial charge in [-0.05, 0) is 114 Å². The summed E-state index contributed by atoms with van der Waals surface area (Å²) in [5, 5.41) is 39.8. The average molecular weight is 1240 g/mol. The smallest absolute Gasteiger partial charge is 0.245 e. The second-order valence-corrected chi connectivity index (χ2v) is 23.0. The zero-order valence-electron chi connectivity index (χ0n) is 51.5. The number of amides is 11. The lowest BCUT2D eigenvalue weighted by molar-refractivity contribution is -0.136. The fraction of sp³-hybridized carbons (Fsp3) is 0.617. The Bertz CT molecular complexity index is 2560. The van der Waals surface area contributed by atoms with E-state index in [-0.39, 0.29) is 102 Å². The number of unbranched alkanes of at least 4 members (excludes halogenated alkanes) is 1. The summed E-state index contributed by atoms with van der Waals surface area (Å²) in [6.07, 6.45) is -0.293. The number of rotatable bonds is 29. The van der Waals surface area contributed by atoms with Crippen LogP contribution in [0.2, 0.25) is 0 Å². The molecule has 22 N–H and O–H groups in total. The van der Waals surface area contributed by atoms with Gasteiger partial charge in [0.25, 0.3) is 0 Å². The summed E-state index contributed by atoms with van der Waals surface area (Å²) in [6, 6.07) is 3.09. The van der Waals surface area contributed by atoms with E-state index in [0.717, 1.165) is 12.8 Å². The molecule has 0 aromatic heterocycles. The van der Waals surface area contributed by atoms with Crippen molar-refractivity contribution in [3.8, 4) is 0 Å². The van der Waals surface area contributed by atoms with Crippen LogP contribution in [0.4, 0.5) is 0 Å². The van der Waals surface area contributed by atoms with Gasteiger partial charge in [0.2, 0.25) is 65.0 Å². The van der Waals surface area contributed by atoms with Crippen molar-refractivity contribution < 1.29 is 57.8 Å². The van der Waals surface area contributed by atoms with E-state index >= 15 is 0 Å². The summed E-state index contributed by atoms with van der Waals surface area (Å²) in [6.45, 7) is 7.94. The first-order valence-electron chi connectivity index (χ1n) is 30.5. The van der Waals surface area contributed by atoms with Gasteiger partial charge in [0.15, 0.2) is 0 Å². The molecule has 1 fully saturated rings. The highest BCUT2D eigenvalue weighted by molar-refractivity contribution is 5.99. The molecule has 0 bridgehead atoms. The van der Waals surface area contributed by atoms with Gasteiger partial charge in [0.05, 0.1) is 6.10 Å². The summed E-state index contributed by atoms with van der Waals surface area (Å²) in [4.78, 5) is 156. The fourth-order valence-electron chi connectivity index (χ4n) is 9.66. The van der Waals surface area contributed by atoms with Crippen LogP contribution in [0.5, 0.6) is 0 Å². The van der Waals surface area contributed by atoms with Gasteiger partial charge < -0.3 is 92.3 Å². The van der Waals surface area contributed by atoms with E-state index in [1.54, 1.807) is 74.5 Å². The number of aliphatic hydroxyl groups is 1. The molecule has 490 valence electrons. The summed E-state index contributed by atoms with van der Waals surface area (Å²) in [7, 11) is 0. The number of carbonyl (C=O) groups excluding carboxylic acids is 11. The van der Waals surface area contributed by atoms with Crippen LogP contribution in [0.15, 0.2) is 60.7 Å². The Kier molecular flexibility index (Phi) is 33.9. The Morgan fingerprint density at radius 2 is 0.955 bits per heavy atom. The zero-order valence-corrected chi connectivity index (χ0v) is 51.5. The summed E-state index contributed by atoms with van der Waals surface area (Å²) in [5.41, 5.74) is 30.9. The van der Waals surface area contributed by atoms with Crippen LogP contribution >= 0.6 is 0 Å². The van der Waals surface area contributed by atoms with Crippen LogP contribution in [0, 0.1) is 11.8 Å². The Morgan fingerprint density at radius 1 is 0.500 bits per heavy atom. The SMILES string of the molecule is CC(C)CCCCC(=O)N[C@@H](CCN)C(=O)N[C@@H](Cc1ccccc1)C(=O)N[C@@H](CCN)C(=O)N[C@H]1CCNC(=O)[C@H]([C@@H](C)O)NC(=O)[C@H](CCN)NC(=O)[C@H](CCN)NC(=O)[C@H](CC(C)C)NC(=O)[C@@H](Cc2ccccc2)NC(=O)[C@H](CCN)NC1=O. The molecule has 0 aliphatic carbocycles. The molecule has 1 heterocycles. The van der Waals surface area contributed by atoms with Crippen molar-refractivity contribution in [1.29, 1.82) is 0 Å². The van der Waals surface area contributed by atoms with E-state index in [4.69, 9.17) is 28.7 Å². The van der Waals surface area contributed by atoms with Gasteiger partial charge in [-0.25, -0.2) is 0 Å². The molecule has 0 spiro atoms. The third kappa shape index (κ3) is 26.8. The molecule has 1 aliphatic rings. The van der Waals surface area contributed by atoms with Gasteiger partial charge >= 0.3 is 0 Å². The van der Waals surface area contributed by atoms with E-state index in [2.05, 4.69) is 72.3 Å². The number of hydrogen-bond acceptors (Lipinski definition) is 17. The maximum atomic E-state index is 14.7. The number of nitrogens with one attached hydrogen (secondary N) is 11. The molecule has 2 aromatic carbocycles. The molecule has 11 amide bonds. The minimum Gasteiger partial charge on any atom is -0.391 e. The lowest BCUT2D eigenvalue weighted by atomic mass is 10.00. The van der Waals surface area contributed by atoms with Crippen molar-refractivity contribution in [3.05, 3.63) is 71.8 Å². The van der Waals surface area contributed by atoms with E-state index in [1.807, 2.05) is 0 Å². The van der Waals surface area contributed by atoms with E-state index < -0.39 is 139 Å². The second kappa shape index (κ2) is 40.0. The minimum absolute atomic E-state index is 0.0209. The molecule has 1 saturated heterocycles. The second-order valence-electron chi connectivity index (χ2n) is 23.0. The normalized spacial score (nSPS) is 21.8. The van der Waals surface area contributed by atoms with Crippen molar-refractivity contribution >= 4 is 65.0 Å². The average Bonchev–Trinajstić information content (AvgIpc) is 3.61. The van der Waals surface area contributed by atoms with Crippen molar-refractivity contribution in [2.45, 2.75) is 185 Å². The molecule has 11 atom stereocenters. The highest BCUT2D eigenvalue weighted by atomic mass is 16.3. The molecule has 1 aliphatic heterocycles. The van der Waals surface area contributed by atoms with Crippen LogP contribution in [-0.4, -0.2) is 176 Å².